The standard InChI is InChI=1S/C15H16N2O6S/c1-8-13(14(23-16-8)9-3-4-9)17-24(20,21)10-5-6-12(22-2)11(7-10)15(18)19/h5-7,9,17H,3-4H2,1-2H3,(H,18,19). The topological polar surface area (TPSA) is 119 Å². The van der Waals surface area contributed by atoms with Crippen molar-refractivity contribution in [3.05, 3.63) is 35.2 Å². The second-order valence-electron chi connectivity index (χ2n) is 5.55. The van der Waals surface area contributed by atoms with Gasteiger partial charge in [-0.05, 0) is 38.0 Å². The van der Waals surface area contributed by atoms with Crippen LogP contribution >= 0.6 is 0 Å². The van der Waals surface area contributed by atoms with E-state index in [1.54, 1.807) is 6.92 Å². The molecule has 0 atom stereocenters. The lowest BCUT2D eigenvalue weighted by atomic mass is 10.2. The van der Waals surface area contributed by atoms with E-state index in [0.717, 1.165) is 18.9 Å². The first-order valence-electron chi connectivity index (χ1n) is 7.24. The lowest BCUT2D eigenvalue weighted by molar-refractivity contribution is 0.0693. The lowest BCUT2D eigenvalue weighted by Gasteiger charge is -2.10. The summed E-state index contributed by atoms with van der Waals surface area (Å²) in [5.74, 6) is -0.498. The third kappa shape index (κ3) is 2.94. The highest BCUT2D eigenvalue weighted by atomic mass is 32.2. The van der Waals surface area contributed by atoms with E-state index in [9.17, 15) is 18.3 Å². The zero-order valence-electron chi connectivity index (χ0n) is 13.1. The van der Waals surface area contributed by atoms with Crippen LogP contribution in [0.15, 0.2) is 27.6 Å². The minimum absolute atomic E-state index is 0.0845. The van der Waals surface area contributed by atoms with Gasteiger partial charge in [-0.3, -0.25) is 4.72 Å². The van der Waals surface area contributed by atoms with Crippen LogP contribution in [-0.2, 0) is 10.0 Å². The maximum absolute atomic E-state index is 12.6. The Balaban J connectivity index is 1.98. The summed E-state index contributed by atoms with van der Waals surface area (Å²) in [5.41, 5.74) is 0.530. The molecule has 1 fully saturated rings. The first kappa shape index (κ1) is 16.3. The number of hydrogen-bond donors (Lipinski definition) is 2. The summed E-state index contributed by atoms with van der Waals surface area (Å²) in [7, 11) is -2.67. The smallest absolute Gasteiger partial charge is 0.339 e. The number of aromatic carboxylic acids is 1. The van der Waals surface area contributed by atoms with Gasteiger partial charge in [-0.2, -0.15) is 0 Å². The van der Waals surface area contributed by atoms with Crippen molar-refractivity contribution in [3.8, 4) is 5.75 Å². The fourth-order valence-electron chi connectivity index (χ4n) is 2.35. The molecule has 0 bridgehead atoms. The van der Waals surface area contributed by atoms with Gasteiger partial charge in [0.1, 0.15) is 22.7 Å². The molecule has 1 aromatic heterocycles. The molecule has 0 unspecified atom stereocenters. The number of anilines is 1. The Morgan fingerprint density at radius 3 is 2.71 bits per heavy atom. The van der Waals surface area contributed by atoms with Crippen LogP contribution in [0.25, 0.3) is 0 Å². The summed E-state index contributed by atoms with van der Waals surface area (Å²) < 4.78 is 37.8. The van der Waals surface area contributed by atoms with Gasteiger partial charge in [-0.1, -0.05) is 5.16 Å². The van der Waals surface area contributed by atoms with Crippen molar-refractivity contribution in [2.75, 3.05) is 11.8 Å². The normalized spacial score (nSPS) is 14.4. The highest BCUT2D eigenvalue weighted by molar-refractivity contribution is 7.92. The molecule has 8 nitrogen and oxygen atoms in total. The van der Waals surface area contributed by atoms with Crippen LogP contribution in [0.3, 0.4) is 0 Å². The number of rotatable bonds is 6. The van der Waals surface area contributed by atoms with E-state index in [1.807, 2.05) is 0 Å². The van der Waals surface area contributed by atoms with Gasteiger partial charge in [0.15, 0.2) is 5.76 Å². The Hall–Kier alpha value is -2.55. The quantitative estimate of drug-likeness (QED) is 0.819. The van der Waals surface area contributed by atoms with Crippen molar-refractivity contribution in [2.24, 2.45) is 0 Å². The van der Waals surface area contributed by atoms with Crippen molar-refractivity contribution in [1.29, 1.82) is 0 Å². The van der Waals surface area contributed by atoms with Crippen molar-refractivity contribution in [1.82, 2.24) is 5.16 Å². The van der Waals surface area contributed by atoms with Gasteiger partial charge in [0.2, 0.25) is 0 Å². The van der Waals surface area contributed by atoms with Crippen molar-refractivity contribution >= 4 is 21.7 Å². The summed E-state index contributed by atoms with van der Waals surface area (Å²) in [6.45, 7) is 1.64. The highest BCUT2D eigenvalue weighted by Gasteiger charge is 2.33. The van der Waals surface area contributed by atoms with E-state index in [4.69, 9.17) is 9.26 Å². The molecule has 1 heterocycles. The van der Waals surface area contributed by atoms with E-state index in [2.05, 4.69) is 9.88 Å². The zero-order chi connectivity index (χ0) is 17.5. The number of carboxylic acid groups (broad SMARTS) is 1. The van der Waals surface area contributed by atoms with Crippen molar-refractivity contribution in [2.45, 2.75) is 30.6 Å². The van der Waals surface area contributed by atoms with Crippen LogP contribution in [0.5, 0.6) is 5.75 Å². The first-order chi connectivity index (χ1) is 11.3. The molecule has 1 saturated carbocycles. The molecule has 1 aliphatic rings. The van der Waals surface area contributed by atoms with Crippen molar-refractivity contribution in [3.63, 3.8) is 0 Å². The number of sulfonamides is 1. The second kappa shape index (κ2) is 5.82. The molecule has 0 spiro atoms. The van der Waals surface area contributed by atoms with E-state index in [0.29, 0.717) is 17.1 Å². The molecule has 1 aromatic carbocycles. The molecule has 0 amide bonds. The van der Waals surface area contributed by atoms with Crippen LogP contribution < -0.4 is 9.46 Å². The van der Waals surface area contributed by atoms with Gasteiger partial charge in [-0.15, -0.1) is 0 Å². The molecule has 0 radical (unpaired) electrons. The number of nitrogens with zero attached hydrogens (tertiary/aromatic N) is 1. The number of methoxy groups -OCH3 is 1. The van der Waals surface area contributed by atoms with E-state index in [1.165, 1.54) is 19.2 Å². The van der Waals surface area contributed by atoms with Gasteiger partial charge in [0.25, 0.3) is 10.0 Å². The van der Waals surface area contributed by atoms with Crippen LogP contribution in [-0.4, -0.2) is 31.8 Å². The maximum Gasteiger partial charge on any atom is 0.339 e. The van der Waals surface area contributed by atoms with E-state index >= 15 is 0 Å². The third-order valence-electron chi connectivity index (χ3n) is 3.79. The lowest BCUT2D eigenvalue weighted by Crippen LogP contribution is -2.15. The Kier molecular flexibility index (Phi) is 3.96. The molecule has 0 saturated heterocycles. The van der Waals surface area contributed by atoms with Crippen LogP contribution in [0.4, 0.5) is 5.69 Å². The summed E-state index contributed by atoms with van der Waals surface area (Å²) in [6, 6.07) is 3.65. The van der Waals surface area contributed by atoms with Gasteiger partial charge in [-0.25, -0.2) is 13.2 Å². The largest absolute Gasteiger partial charge is 0.496 e. The summed E-state index contributed by atoms with van der Waals surface area (Å²) in [6.07, 6.45) is 1.85. The number of ether oxygens (including phenoxy) is 1. The number of nitrogens with one attached hydrogen (secondary N) is 1. The van der Waals surface area contributed by atoms with Gasteiger partial charge in [0.05, 0.1) is 12.0 Å². The van der Waals surface area contributed by atoms with E-state index in [-0.39, 0.29) is 22.1 Å². The minimum Gasteiger partial charge on any atom is -0.496 e. The first-order valence-corrected chi connectivity index (χ1v) is 8.72. The van der Waals surface area contributed by atoms with Crippen LogP contribution in [0, 0.1) is 6.92 Å². The monoisotopic (exact) mass is 352 g/mol. The maximum atomic E-state index is 12.6. The number of carboxylic acids is 1. The molecule has 24 heavy (non-hydrogen) atoms. The highest BCUT2D eigenvalue weighted by Crippen LogP contribution is 2.44. The number of aromatic nitrogens is 1. The molecular weight excluding hydrogens is 336 g/mol. The predicted octanol–water partition coefficient (Wildman–Crippen LogP) is 2.37. The predicted molar refractivity (Wildman–Crippen MR) is 84.0 cm³/mol. The Morgan fingerprint density at radius 1 is 1.42 bits per heavy atom. The van der Waals surface area contributed by atoms with Crippen LogP contribution in [0.2, 0.25) is 0 Å². The molecule has 2 aromatic rings. The summed E-state index contributed by atoms with van der Waals surface area (Å²) in [5, 5.41) is 13.0. The zero-order valence-corrected chi connectivity index (χ0v) is 13.9. The summed E-state index contributed by atoms with van der Waals surface area (Å²) in [4.78, 5) is 11.1. The number of aryl methyl sites for hydroxylation is 1. The number of benzene rings is 1. The Labute approximate surface area is 138 Å². The Bertz CT molecular complexity index is 899. The van der Waals surface area contributed by atoms with Gasteiger partial charge < -0.3 is 14.4 Å². The molecular formula is C15H16N2O6S. The number of hydrogen-bond acceptors (Lipinski definition) is 6. The average molecular weight is 352 g/mol. The number of carbonyl (C=O) groups is 1. The van der Waals surface area contributed by atoms with E-state index < -0.39 is 16.0 Å². The molecule has 9 heteroatoms. The molecule has 128 valence electrons. The van der Waals surface area contributed by atoms with Crippen LogP contribution in [0.1, 0.15) is 40.6 Å². The average Bonchev–Trinajstić information content (AvgIpc) is 3.32. The molecule has 0 aliphatic heterocycles. The fraction of sp³-hybridized carbons (Fsp3) is 0.333. The Morgan fingerprint density at radius 2 is 2.12 bits per heavy atom. The SMILES string of the molecule is COc1ccc(S(=O)(=O)Nc2c(C)noc2C2CC2)cc1C(=O)O. The molecule has 2 N–H and O–H groups in total. The van der Waals surface area contributed by atoms with Crippen molar-refractivity contribution < 1.29 is 27.6 Å². The molecule has 3 rings (SSSR count). The molecule has 1 aliphatic carbocycles. The second-order valence-corrected chi connectivity index (χ2v) is 7.24. The fourth-order valence-corrected chi connectivity index (χ4v) is 3.51. The summed E-state index contributed by atoms with van der Waals surface area (Å²) >= 11 is 0. The van der Waals surface area contributed by atoms with Gasteiger partial charge in [0, 0.05) is 5.92 Å². The van der Waals surface area contributed by atoms with Gasteiger partial charge >= 0.3 is 5.97 Å². The third-order valence-corrected chi connectivity index (χ3v) is 5.13. The minimum atomic E-state index is -3.98.